The summed E-state index contributed by atoms with van der Waals surface area (Å²) < 4.78 is 7.98. The highest BCUT2D eigenvalue weighted by atomic mass is 127. The molecule has 140 valence electrons. The molecule has 0 fully saturated rings. The first-order valence-corrected chi connectivity index (χ1v) is 9.58. The van der Waals surface area contributed by atoms with Crippen molar-refractivity contribution in [1.29, 1.82) is 0 Å². The Bertz CT molecular complexity index is 799. The highest BCUT2D eigenvalue weighted by molar-refractivity contribution is 14.1. The lowest BCUT2D eigenvalue weighted by Gasteiger charge is -2.09. The molecule has 0 saturated heterocycles. The molecule has 6 nitrogen and oxygen atoms in total. The summed E-state index contributed by atoms with van der Waals surface area (Å²) in [5, 5.41) is 7.23. The highest BCUT2D eigenvalue weighted by Gasteiger charge is 2.17. The molecular weight excluding hydrogens is 445 g/mol. The van der Waals surface area contributed by atoms with Crippen LogP contribution < -0.4 is 5.32 Å². The van der Waals surface area contributed by atoms with Crippen LogP contribution in [-0.2, 0) is 27.3 Å². The Morgan fingerprint density at radius 2 is 1.96 bits per heavy atom. The first kappa shape index (κ1) is 20.4. The van der Waals surface area contributed by atoms with Gasteiger partial charge in [-0.1, -0.05) is 26.0 Å². The molecule has 1 aromatic heterocycles. The molecule has 0 aliphatic carbocycles. The predicted octanol–water partition coefficient (Wildman–Crippen LogP) is 3.48. The molecule has 1 N–H and O–H groups in total. The zero-order valence-electron chi connectivity index (χ0n) is 15.5. The van der Waals surface area contributed by atoms with E-state index >= 15 is 0 Å². The van der Waals surface area contributed by atoms with Crippen molar-refractivity contribution in [2.75, 3.05) is 11.9 Å². The van der Waals surface area contributed by atoms with Crippen molar-refractivity contribution in [1.82, 2.24) is 9.78 Å². The van der Waals surface area contributed by atoms with E-state index in [0.29, 0.717) is 11.6 Å². The van der Waals surface area contributed by atoms with E-state index in [4.69, 9.17) is 4.74 Å². The lowest BCUT2D eigenvalue weighted by molar-refractivity contribution is -0.146. The SMILES string of the molecule is Cc1nn(CC(C)C)c(C)c1CC(=O)OCC(=O)Nc1ccccc1I. The first-order chi connectivity index (χ1) is 12.3. The van der Waals surface area contributed by atoms with Crippen molar-refractivity contribution in [2.24, 2.45) is 5.92 Å². The van der Waals surface area contributed by atoms with E-state index in [1.54, 1.807) is 6.07 Å². The number of rotatable bonds is 7. The maximum atomic E-state index is 12.1. The molecule has 7 heteroatoms. The maximum Gasteiger partial charge on any atom is 0.310 e. The van der Waals surface area contributed by atoms with E-state index in [2.05, 4.69) is 46.9 Å². The number of hydrogen-bond acceptors (Lipinski definition) is 4. The number of aryl methyl sites for hydroxylation is 1. The second-order valence-electron chi connectivity index (χ2n) is 6.59. The predicted molar refractivity (Wildman–Crippen MR) is 109 cm³/mol. The summed E-state index contributed by atoms with van der Waals surface area (Å²) in [6.07, 6.45) is 0.117. The highest BCUT2D eigenvalue weighted by Crippen LogP contribution is 2.17. The number of nitrogens with zero attached hydrogens (tertiary/aromatic N) is 2. The van der Waals surface area contributed by atoms with Crippen LogP contribution in [0.15, 0.2) is 24.3 Å². The number of amides is 1. The number of carbonyl (C=O) groups excluding carboxylic acids is 2. The fraction of sp³-hybridized carbons (Fsp3) is 0.421. The summed E-state index contributed by atoms with van der Waals surface area (Å²) >= 11 is 2.14. The quantitative estimate of drug-likeness (QED) is 0.498. The van der Waals surface area contributed by atoms with Crippen LogP contribution in [-0.4, -0.2) is 28.3 Å². The van der Waals surface area contributed by atoms with Crippen LogP contribution in [0, 0.1) is 23.3 Å². The van der Waals surface area contributed by atoms with E-state index in [1.165, 1.54) is 0 Å². The number of esters is 1. The number of aromatic nitrogens is 2. The van der Waals surface area contributed by atoms with Crippen LogP contribution in [0.1, 0.15) is 30.8 Å². The molecule has 0 aliphatic rings. The van der Waals surface area contributed by atoms with Crippen LogP contribution in [0.5, 0.6) is 0 Å². The molecule has 0 unspecified atom stereocenters. The topological polar surface area (TPSA) is 73.2 Å². The standard InChI is InChI=1S/C19H24IN3O3/c1-12(2)10-23-14(4)15(13(3)22-23)9-19(25)26-11-18(24)21-17-8-6-5-7-16(17)20/h5-8,12H,9-11H2,1-4H3,(H,21,24). The lowest BCUT2D eigenvalue weighted by atomic mass is 10.1. The van der Waals surface area contributed by atoms with Gasteiger partial charge < -0.3 is 10.1 Å². The number of nitrogens with one attached hydrogen (secondary N) is 1. The molecule has 0 spiro atoms. The maximum absolute atomic E-state index is 12.1. The molecule has 1 amide bonds. The van der Waals surface area contributed by atoms with E-state index in [-0.39, 0.29) is 18.9 Å². The van der Waals surface area contributed by atoms with Gasteiger partial charge in [0.05, 0.1) is 17.8 Å². The van der Waals surface area contributed by atoms with Crippen molar-refractivity contribution in [2.45, 2.75) is 40.7 Å². The summed E-state index contributed by atoms with van der Waals surface area (Å²) in [6, 6.07) is 7.42. The van der Waals surface area contributed by atoms with Gasteiger partial charge in [0.1, 0.15) is 0 Å². The minimum atomic E-state index is -0.432. The van der Waals surface area contributed by atoms with Crippen molar-refractivity contribution in [3.05, 3.63) is 44.8 Å². The fourth-order valence-corrected chi connectivity index (χ4v) is 3.13. The molecule has 0 radical (unpaired) electrons. The lowest BCUT2D eigenvalue weighted by Crippen LogP contribution is -2.22. The van der Waals surface area contributed by atoms with Crippen LogP contribution in [0.25, 0.3) is 0 Å². The molecule has 1 aromatic carbocycles. The molecule has 0 saturated carbocycles. The Hall–Kier alpha value is -1.90. The van der Waals surface area contributed by atoms with Crippen molar-refractivity contribution in [3.8, 4) is 0 Å². The van der Waals surface area contributed by atoms with Gasteiger partial charge in [-0.25, -0.2) is 0 Å². The fourth-order valence-electron chi connectivity index (χ4n) is 2.60. The largest absolute Gasteiger partial charge is 0.455 e. The number of ether oxygens (including phenoxy) is 1. The molecule has 0 bridgehead atoms. The minimum absolute atomic E-state index is 0.117. The Morgan fingerprint density at radius 1 is 1.27 bits per heavy atom. The monoisotopic (exact) mass is 469 g/mol. The number of benzene rings is 1. The Balaban J connectivity index is 1.90. The van der Waals surface area contributed by atoms with Crippen LogP contribution >= 0.6 is 22.6 Å². The molecular formula is C19H24IN3O3. The van der Waals surface area contributed by atoms with Crippen LogP contribution in [0.4, 0.5) is 5.69 Å². The third-order valence-corrected chi connectivity index (χ3v) is 4.84. The third-order valence-electron chi connectivity index (χ3n) is 3.90. The molecule has 26 heavy (non-hydrogen) atoms. The Labute approximate surface area is 167 Å². The summed E-state index contributed by atoms with van der Waals surface area (Å²) in [5.41, 5.74) is 3.37. The average molecular weight is 469 g/mol. The van der Waals surface area contributed by atoms with Crippen LogP contribution in [0.2, 0.25) is 0 Å². The number of hydrogen-bond donors (Lipinski definition) is 1. The van der Waals surface area contributed by atoms with Gasteiger partial charge in [-0.2, -0.15) is 5.10 Å². The van der Waals surface area contributed by atoms with E-state index in [0.717, 1.165) is 27.1 Å². The van der Waals surface area contributed by atoms with Crippen molar-refractivity contribution in [3.63, 3.8) is 0 Å². The first-order valence-electron chi connectivity index (χ1n) is 8.50. The van der Waals surface area contributed by atoms with Gasteiger partial charge in [-0.3, -0.25) is 14.3 Å². The van der Waals surface area contributed by atoms with Gasteiger partial charge in [-0.05, 0) is 54.5 Å². The number of anilines is 1. The zero-order chi connectivity index (χ0) is 19.3. The molecule has 2 rings (SSSR count). The zero-order valence-corrected chi connectivity index (χ0v) is 17.7. The van der Waals surface area contributed by atoms with Gasteiger partial charge in [0, 0.05) is 21.4 Å². The number of halogens is 1. The number of para-hydroxylation sites is 1. The third kappa shape index (κ3) is 5.55. The molecule has 0 atom stereocenters. The summed E-state index contributed by atoms with van der Waals surface area (Å²) in [6.45, 7) is 8.58. The Morgan fingerprint density at radius 3 is 2.62 bits per heavy atom. The van der Waals surface area contributed by atoms with Gasteiger partial charge >= 0.3 is 5.97 Å². The van der Waals surface area contributed by atoms with Gasteiger partial charge in [0.2, 0.25) is 0 Å². The van der Waals surface area contributed by atoms with E-state index in [1.807, 2.05) is 36.7 Å². The molecule has 2 aromatic rings. The van der Waals surface area contributed by atoms with E-state index in [9.17, 15) is 9.59 Å². The van der Waals surface area contributed by atoms with E-state index < -0.39 is 5.97 Å². The van der Waals surface area contributed by atoms with Gasteiger partial charge in [0.25, 0.3) is 5.91 Å². The second-order valence-corrected chi connectivity index (χ2v) is 7.75. The molecule has 0 aliphatic heterocycles. The van der Waals surface area contributed by atoms with Gasteiger partial charge in [-0.15, -0.1) is 0 Å². The summed E-state index contributed by atoms with van der Waals surface area (Å²) in [5.74, 6) is -0.318. The summed E-state index contributed by atoms with van der Waals surface area (Å²) in [4.78, 5) is 24.1. The van der Waals surface area contributed by atoms with Crippen molar-refractivity contribution < 1.29 is 14.3 Å². The van der Waals surface area contributed by atoms with Crippen molar-refractivity contribution >= 4 is 40.2 Å². The second kappa shape index (κ2) is 9.16. The normalized spacial score (nSPS) is 10.8. The molecule has 1 heterocycles. The van der Waals surface area contributed by atoms with Crippen LogP contribution in [0.3, 0.4) is 0 Å². The smallest absolute Gasteiger partial charge is 0.310 e. The average Bonchev–Trinajstić information content (AvgIpc) is 2.82. The minimum Gasteiger partial charge on any atom is -0.455 e. The summed E-state index contributed by atoms with van der Waals surface area (Å²) in [7, 11) is 0. The Kier molecular flexibility index (Phi) is 7.19. The van der Waals surface area contributed by atoms with Gasteiger partial charge in [0.15, 0.2) is 6.61 Å². The number of carbonyl (C=O) groups is 2.